The van der Waals surface area contributed by atoms with E-state index in [9.17, 15) is 9.90 Å². The maximum atomic E-state index is 11.4. The van der Waals surface area contributed by atoms with E-state index >= 15 is 0 Å². The van der Waals surface area contributed by atoms with Gasteiger partial charge in [0.05, 0.1) is 0 Å². The minimum Gasteiger partial charge on any atom is -0.396 e. The van der Waals surface area contributed by atoms with Gasteiger partial charge in [-0.25, -0.2) is 0 Å². The van der Waals surface area contributed by atoms with Crippen LogP contribution in [0.15, 0.2) is 35.1 Å². The van der Waals surface area contributed by atoms with Crippen molar-refractivity contribution in [3.8, 4) is 0 Å². The highest BCUT2D eigenvalue weighted by molar-refractivity contribution is 6.33. The molecule has 1 N–H and O–H groups in total. The summed E-state index contributed by atoms with van der Waals surface area (Å²) in [4.78, 5) is 13.6. The maximum absolute atomic E-state index is 11.4. The lowest BCUT2D eigenvalue weighted by molar-refractivity contribution is -0.104. The third kappa shape index (κ3) is 3.94. The Bertz CT molecular complexity index is 803. The van der Waals surface area contributed by atoms with Crippen LogP contribution in [0.2, 0.25) is 5.02 Å². The molecule has 1 aromatic carbocycles. The van der Waals surface area contributed by atoms with Crippen LogP contribution in [0.1, 0.15) is 50.3 Å². The third-order valence-electron chi connectivity index (χ3n) is 5.23. The number of nitrogens with zero attached hydrogens (tertiary/aromatic N) is 1. The first-order chi connectivity index (χ1) is 12.3. The molecule has 1 aromatic rings. The number of benzene rings is 1. The number of halogens is 1. The summed E-state index contributed by atoms with van der Waals surface area (Å²) >= 11 is 6.63. The quantitative estimate of drug-likeness (QED) is 0.562. The van der Waals surface area contributed by atoms with Crippen LogP contribution in [0, 0.1) is 6.92 Å². The zero-order valence-corrected chi connectivity index (χ0v) is 17.1. The van der Waals surface area contributed by atoms with E-state index in [-0.39, 0.29) is 6.61 Å². The minimum absolute atomic E-state index is 0.103. The van der Waals surface area contributed by atoms with Gasteiger partial charge in [-0.2, -0.15) is 0 Å². The SMILES string of the molecule is CC1=CCN(C)C(C)=C1c1c(Cl)ccc(/C(CCCO)=C(\C)C=O)c1C. The topological polar surface area (TPSA) is 40.5 Å². The Morgan fingerprint density at radius 1 is 1.31 bits per heavy atom. The van der Waals surface area contributed by atoms with Crippen molar-refractivity contribution in [3.05, 3.63) is 56.8 Å². The summed E-state index contributed by atoms with van der Waals surface area (Å²) in [6.07, 6.45) is 4.39. The Hall–Kier alpha value is -1.84. The van der Waals surface area contributed by atoms with Gasteiger partial charge < -0.3 is 10.0 Å². The minimum atomic E-state index is 0.103. The number of aliphatic hydroxyl groups is 1. The van der Waals surface area contributed by atoms with Gasteiger partial charge >= 0.3 is 0 Å². The number of hydrogen-bond donors (Lipinski definition) is 1. The van der Waals surface area contributed by atoms with Crippen LogP contribution in [0.4, 0.5) is 0 Å². The molecule has 1 aliphatic rings. The molecule has 3 nitrogen and oxygen atoms in total. The summed E-state index contributed by atoms with van der Waals surface area (Å²) in [5.74, 6) is 0. The number of allylic oxidation sites excluding steroid dienone is 5. The summed E-state index contributed by atoms with van der Waals surface area (Å²) in [5, 5.41) is 9.95. The summed E-state index contributed by atoms with van der Waals surface area (Å²) in [6.45, 7) is 9.13. The molecule has 4 heteroatoms. The Balaban J connectivity index is 2.72. The molecule has 140 valence electrons. The molecule has 0 unspecified atom stereocenters. The van der Waals surface area contributed by atoms with Gasteiger partial charge in [0.15, 0.2) is 0 Å². The Kier molecular flexibility index (Phi) is 6.85. The van der Waals surface area contributed by atoms with Crippen molar-refractivity contribution in [3.63, 3.8) is 0 Å². The fourth-order valence-electron chi connectivity index (χ4n) is 3.55. The predicted molar refractivity (Wildman–Crippen MR) is 110 cm³/mol. The summed E-state index contributed by atoms with van der Waals surface area (Å²) < 4.78 is 0. The normalized spacial score (nSPS) is 15.8. The summed E-state index contributed by atoms with van der Waals surface area (Å²) in [5.41, 5.74) is 8.39. The van der Waals surface area contributed by atoms with Crippen LogP contribution in [0.5, 0.6) is 0 Å². The van der Waals surface area contributed by atoms with Gasteiger partial charge in [0.2, 0.25) is 0 Å². The molecule has 1 aliphatic heterocycles. The number of likely N-dealkylation sites (N-methyl/N-ethyl adjacent to an activating group) is 1. The van der Waals surface area contributed by atoms with Crippen LogP contribution in [-0.2, 0) is 4.79 Å². The second-order valence-electron chi connectivity index (χ2n) is 6.93. The molecule has 0 aromatic heterocycles. The van der Waals surface area contributed by atoms with Crippen molar-refractivity contribution in [1.29, 1.82) is 0 Å². The third-order valence-corrected chi connectivity index (χ3v) is 5.54. The molecular weight excluding hydrogens is 346 g/mol. The molecule has 0 atom stereocenters. The van der Waals surface area contributed by atoms with Crippen molar-refractivity contribution in [2.45, 2.75) is 40.5 Å². The van der Waals surface area contributed by atoms with E-state index in [1.54, 1.807) is 0 Å². The summed E-state index contributed by atoms with van der Waals surface area (Å²) in [7, 11) is 2.08. The van der Waals surface area contributed by atoms with E-state index in [4.69, 9.17) is 11.6 Å². The summed E-state index contributed by atoms with van der Waals surface area (Å²) in [6, 6.07) is 3.90. The van der Waals surface area contributed by atoms with Gasteiger partial charge in [0, 0.05) is 42.1 Å². The first-order valence-electron chi connectivity index (χ1n) is 8.98. The molecule has 0 bridgehead atoms. The smallest absolute Gasteiger partial charge is 0.146 e. The number of rotatable bonds is 6. The van der Waals surface area contributed by atoms with Crippen LogP contribution in [-0.4, -0.2) is 36.5 Å². The number of hydrogen-bond acceptors (Lipinski definition) is 3. The van der Waals surface area contributed by atoms with E-state index in [1.807, 2.05) is 19.1 Å². The predicted octanol–water partition coefficient (Wildman–Crippen LogP) is 5.02. The molecule has 0 amide bonds. The number of carbonyl (C=O) groups excluding carboxylic acids is 1. The highest BCUT2D eigenvalue weighted by Crippen LogP contribution is 2.40. The van der Waals surface area contributed by atoms with E-state index in [0.717, 1.165) is 40.7 Å². The van der Waals surface area contributed by atoms with Gasteiger partial charge in [0.1, 0.15) is 6.29 Å². The Morgan fingerprint density at radius 2 is 2.00 bits per heavy atom. The van der Waals surface area contributed by atoms with Crippen LogP contribution in [0.25, 0.3) is 11.1 Å². The van der Waals surface area contributed by atoms with E-state index in [0.29, 0.717) is 23.4 Å². The van der Waals surface area contributed by atoms with Crippen LogP contribution in [0.3, 0.4) is 0 Å². The monoisotopic (exact) mass is 373 g/mol. The standard InChI is InChI=1S/C22H28ClNO2/c1-14-10-11-24(5)17(4)21(14)22-16(3)19(8-9-20(22)23)18(7-6-12-25)15(2)13-26/h8-10,13,25H,6-7,11-12H2,1-5H3/b18-15+. The number of carbonyl (C=O) groups is 1. The van der Waals surface area contributed by atoms with Gasteiger partial charge in [-0.1, -0.05) is 23.7 Å². The average molecular weight is 374 g/mol. The van der Waals surface area contributed by atoms with E-state index < -0.39 is 0 Å². The van der Waals surface area contributed by atoms with Gasteiger partial charge in [-0.3, -0.25) is 4.79 Å². The van der Waals surface area contributed by atoms with Gasteiger partial charge in [-0.15, -0.1) is 0 Å². The zero-order valence-electron chi connectivity index (χ0n) is 16.3. The lowest BCUT2D eigenvalue weighted by Gasteiger charge is -2.29. The highest BCUT2D eigenvalue weighted by Gasteiger charge is 2.22. The first kappa shape index (κ1) is 20.5. The van der Waals surface area contributed by atoms with E-state index in [1.165, 1.54) is 11.3 Å². The fourth-order valence-corrected chi connectivity index (χ4v) is 3.85. The first-order valence-corrected chi connectivity index (χ1v) is 9.36. The van der Waals surface area contributed by atoms with Crippen molar-refractivity contribution in [1.82, 2.24) is 4.90 Å². The Morgan fingerprint density at radius 3 is 2.62 bits per heavy atom. The highest BCUT2D eigenvalue weighted by atomic mass is 35.5. The lowest BCUT2D eigenvalue weighted by Crippen LogP contribution is -2.21. The molecule has 0 saturated heterocycles. The number of aliphatic hydroxyl groups excluding tert-OH is 1. The average Bonchev–Trinajstić information content (AvgIpc) is 2.62. The molecule has 0 saturated carbocycles. The maximum Gasteiger partial charge on any atom is 0.146 e. The molecule has 0 radical (unpaired) electrons. The zero-order chi connectivity index (χ0) is 19.4. The lowest BCUT2D eigenvalue weighted by atomic mass is 9.85. The second kappa shape index (κ2) is 8.70. The number of aldehydes is 1. The fraction of sp³-hybridized carbons (Fsp3) is 0.409. The molecule has 26 heavy (non-hydrogen) atoms. The second-order valence-corrected chi connectivity index (χ2v) is 7.34. The van der Waals surface area contributed by atoms with Crippen LogP contribution >= 0.6 is 11.6 Å². The molecule has 0 spiro atoms. The van der Waals surface area contributed by atoms with Crippen LogP contribution < -0.4 is 0 Å². The molecular formula is C22H28ClNO2. The van der Waals surface area contributed by atoms with Crippen molar-refractivity contribution in [2.24, 2.45) is 0 Å². The van der Waals surface area contributed by atoms with Gasteiger partial charge in [0.25, 0.3) is 0 Å². The largest absolute Gasteiger partial charge is 0.396 e. The molecule has 2 rings (SSSR count). The van der Waals surface area contributed by atoms with Crippen molar-refractivity contribution in [2.75, 3.05) is 20.2 Å². The van der Waals surface area contributed by atoms with Crippen molar-refractivity contribution >= 4 is 29.0 Å². The Labute approximate surface area is 161 Å². The van der Waals surface area contributed by atoms with Gasteiger partial charge in [-0.05, 0) is 74.4 Å². The van der Waals surface area contributed by atoms with Crippen molar-refractivity contribution < 1.29 is 9.90 Å². The molecule has 0 aliphatic carbocycles. The molecule has 0 fully saturated rings. The molecule has 1 heterocycles. The van der Waals surface area contributed by atoms with E-state index in [2.05, 4.69) is 38.8 Å².